The van der Waals surface area contributed by atoms with Crippen molar-refractivity contribution in [3.63, 3.8) is 0 Å². The maximum absolute atomic E-state index is 12.4. The molecule has 156 valence electrons. The lowest BCUT2D eigenvalue weighted by Crippen LogP contribution is -2.38. The molecule has 1 heterocycles. The van der Waals surface area contributed by atoms with E-state index in [-0.39, 0.29) is 11.1 Å². The maximum Gasteiger partial charge on any atom is 0.326 e. The summed E-state index contributed by atoms with van der Waals surface area (Å²) < 4.78 is 15.4. The molecule has 0 bridgehead atoms. The summed E-state index contributed by atoms with van der Waals surface area (Å²) in [5.41, 5.74) is 0.794. The van der Waals surface area contributed by atoms with Crippen molar-refractivity contribution in [3.05, 3.63) is 53.6 Å². The van der Waals surface area contributed by atoms with E-state index in [1.165, 1.54) is 33.3 Å². The normalized spacial score (nSPS) is 13.5. The first kappa shape index (κ1) is 20.8. The van der Waals surface area contributed by atoms with Gasteiger partial charge >= 0.3 is 5.97 Å². The third kappa shape index (κ3) is 4.09. The number of anilines is 1. The van der Waals surface area contributed by atoms with Gasteiger partial charge in [0.05, 0.1) is 31.0 Å². The van der Waals surface area contributed by atoms with E-state index in [2.05, 4.69) is 5.32 Å². The number of fused-ring (bicyclic) bond motifs is 1. The molecule has 1 unspecified atom stereocenters. The summed E-state index contributed by atoms with van der Waals surface area (Å²) in [5, 5.41) is 2.60. The predicted molar refractivity (Wildman–Crippen MR) is 106 cm³/mol. The lowest BCUT2D eigenvalue weighted by Gasteiger charge is -2.17. The van der Waals surface area contributed by atoms with Crippen molar-refractivity contribution in [2.45, 2.75) is 13.0 Å². The molecule has 1 atom stereocenters. The molecule has 30 heavy (non-hydrogen) atoms. The van der Waals surface area contributed by atoms with Crippen LogP contribution in [0.2, 0.25) is 0 Å². The molecule has 2 aromatic rings. The van der Waals surface area contributed by atoms with Gasteiger partial charge in [-0.05, 0) is 31.2 Å². The van der Waals surface area contributed by atoms with E-state index in [4.69, 9.17) is 14.2 Å². The molecule has 9 heteroatoms. The van der Waals surface area contributed by atoms with Crippen molar-refractivity contribution in [1.82, 2.24) is 4.90 Å². The molecule has 9 nitrogen and oxygen atoms in total. The molecular weight excluding hydrogens is 392 g/mol. The Balaban J connectivity index is 1.62. The Morgan fingerprint density at radius 2 is 1.63 bits per heavy atom. The summed E-state index contributed by atoms with van der Waals surface area (Å²) in [6, 6.07) is 11.1. The van der Waals surface area contributed by atoms with Gasteiger partial charge in [-0.15, -0.1) is 0 Å². The van der Waals surface area contributed by atoms with Crippen LogP contribution in [0.25, 0.3) is 0 Å². The number of esters is 1. The first-order valence-electron chi connectivity index (χ1n) is 9.03. The highest BCUT2D eigenvalue weighted by atomic mass is 16.5. The van der Waals surface area contributed by atoms with Crippen LogP contribution in [0, 0.1) is 0 Å². The molecule has 0 aromatic heterocycles. The van der Waals surface area contributed by atoms with Gasteiger partial charge in [0.25, 0.3) is 17.7 Å². The second-order valence-electron chi connectivity index (χ2n) is 6.43. The van der Waals surface area contributed by atoms with Gasteiger partial charge in [-0.3, -0.25) is 24.1 Å². The fourth-order valence-electron chi connectivity index (χ4n) is 2.95. The van der Waals surface area contributed by atoms with Crippen molar-refractivity contribution in [3.8, 4) is 11.5 Å². The Bertz CT molecular complexity index is 983. The van der Waals surface area contributed by atoms with Crippen LogP contribution >= 0.6 is 0 Å². The van der Waals surface area contributed by atoms with Crippen LogP contribution in [0.4, 0.5) is 5.69 Å². The third-order valence-electron chi connectivity index (χ3n) is 4.51. The number of nitrogens with one attached hydrogen (secondary N) is 1. The van der Waals surface area contributed by atoms with E-state index in [0.29, 0.717) is 17.2 Å². The second kappa shape index (κ2) is 8.64. The molecular formula is C21H20N2O7. The summed E-state index contributed by atoms with van der Waals surface area (Å²) >= 11 is 0. The monoisotopic (exact) mass is 412 g/mol. The number of carbonyl (C=O) groups is 4. The number of imide groups is 1. The van der Waals surface area contributed by atoms with E-state index in [1.807, 2.05) is 0 Å². The van der Waals surface area contributed by atoms with Gasteiger partial charge < -0.3 is 19.5 Å². The van der Waals surface area contributed by atoms with Gasteiger partial charge in [-0.25, -0.2) is 0 Å². The Morgan fingerprint density at radius 3 is 2.20 bits per heavy atom. The average Bonchev–Trinajstić information content (AvgIpc) is 2.98. The third-order valence-corrected chi connectivity index (χ3v) is 4.51. The SMILES string of the molecule is COc1ccc(OC)c(NC(=O)C(C)OC(=O)CN2C(=O)c3ccccc3C2=O)c1. The Morgan fingerprint density at radius 1 is 1.00 bits per heavy atom. The number of rotatable bonds is 7. The molecule has 3 rings (SSSR count). The van der Waals surface area contributed by atoms with Gasteiger partial charge in [0.15, 0.2) is 6.10 Å². The van der Waals surface area contributed by atoms with E-state index >= 15 is 0 Å². The largest absolute Gasteiger partial charge is 0.497 e. The first-order valence-corrected chi connectivity index (χ1v) is 9.03. The summed E-state index contributed by atoms with van der Waals surface area (Å²) in [6.07, 6.45) is -1.18. The average molecular weight is 412 g/mol. The van der Waals surface area contributed by atoms with Crippen LogP contribution in [0.5, 0.6) is 11.5 Å². The highest BCUT2D eigenvalue weighted by Gasteiger charge is 2.37. The van der Waals surface area contributed by atoms with Crippen LogP contribution < -0.4 is 14.8 Å². The Hall–Kier alpha value is -3.88. The van der Waals surface area contributed by atoms with E-state index in [9.17, 15) is 19.2 Å². The van der Waals surface area contributed by atoms with Crippen LogP contribution in [-0.2, 0) is 14.3 Å². The molecule has 0 saturated carbocycles. The summed E-state index contributed by atoms with van der Waals surface area (Å²) in [4.78, 5) is 50.1. The van der Waals surface area contributed by atoms with Crippen LogP contribution in [0.3, 0.4) is 0 Å². The molecule has 1 aliphatic heterocycles. The number of hydrogen-bond acceptors (Lipinski definition) is 7. The molecule has 0 spiro atoms. The fraction of sp³-hybridized carbons (Fsp3) is 0.238. The quantitative estimate of drug-likeness (QED) is 0.546. The van der Waals surface area contributed by atoms with E-state index in [0.717, 1.165) is 4.90 Å². The van der Waals surface area contributed by atoms with Crippen molar-refractivity contribution < 1.29 is 33.4 Å². The van der Waals surface area contributed by atoms with Gasteiger partial charge in [-0.1, -0.05) is 12.1 Å². The lowest BCUT2D eigenvalue weighted by molar-refractivity contribution is -0.153. The fourth-order valence-corrected chi connectivity index (χ4v) is 2.95. The minimum Gasteiger partial charge on any atom is -0.497 e. The van der Waals surface area contributed by atoms with Crippen LogP contribution in [-0.4, -0.2) is 55.5 Å². The number of ether oxygens (including phenoxy) is 3. The Kier molecular flexibility index (Phi) is 6.01. The molecule has 1 N–H and O–H groups in total. The number of carbonyl (C=O) groups excluding carboxylic acids is 4. The number of methoxy groups -OCH3 is 2. The summed E-state index contributed by atoms with van der Waals surface area (Å²) in [5.74, 6) is -1.76. The minimum absolute atomic E-state index is 0.228. The van der Waals surface area contributed by atoms with E-state index < -0.39 is 36.3 Å². The minimum atomic E-state index is -1.18. The first-order chi connectivity index (χ1) is 14.3. The Labute approximate surface area is 172 Å². The predicted octanol–water partition coefficient (Wildman–Crippen LogP) is 1.87. The van der Waals surface area contributed by atoms with Gasteiger partial charge in [-0.2, -0.15) is 0 Å². The van der Waals surface area contributed by atoms with Crippen LogP contribution in [0.1, 0.15) is 27.6 Å². The van der Waals surface area contributed by atoms with E-state index in [1.54, 1.807) is 30.3 Å². The van der Waals surface area contributed by atoms with Crippen molar-refractivity contribution in [1.29, 1.82) is 0 Å². The smallest absolute Gasteiger partial charge is 0.326 e. The zero-order valence-corrected chi connectivity index (χ0v) is 16.6. The summed E-state index contributed by atoms with van der Waals surface area (Å²) in [6.45, 7) is 0.786. The van der Waals surface area contributed by atoms with Gasteiger partial charge in [0.2, 0.25) is 0 Å². The highest BCUT2D eigenvalue weighted by Crippen LogP contribution is 2.29. The van der Waals surface area contributed by atoms with Crippen molar-refractivity contribution in [2.75, 3.05) is 26.1 Å². The number of benzene rings is 2. The zero-order valence-electron chi connectivity index (χ0n) is 16.6. The van der Waals surface area contributed by atoms with Gasteiger partial charge in [0, 0.05) is 6.07 Å². The standard InChI is InChI=1S/C21H20N2O7/c1-12(19(25)22-16-10-13(28-2)8-9-17(16)29-3)30-18(24)11-23-20(26)14-6-4-5-7-15(14)21(23)27/h4-10,12H,11H2,1-3H3,(H,22,25). The number of nitrogens with zero attached hydrogens (tertiary/aromatic N) is 1. The zero-order chi connectivity index (χ0) is 21.8. The molecule has 0 saturated heterocycles. The maximum atomic E-state index is 12.4. The lowest BCUT2D eigenvalue weighted by atomic mass is 10.1. The molecule has 0 radical (unpaired) electrons. The molecule has 3 amide bonds. The molecule has 0 fully saturated rings. The highest BCUT2D eigenvalue weighted by molar-refractivity contribution is 6.22. The van der Waals surface area contributed by atoms with Crippen molar-refractivity contribution >= 4 is 29.4 Å². The van der Waals surface area contributed by atoms with Crippen molar-refractivity contribution in [2.24, 2.45) is 0 Å². The van der Waals surface area contributed by atoms with Gasteiger partial charge in [0.1, 0.15) is 18.0 Å². The summed E-state index contributed by atoms with van der Waals surface area (Å²) in [7, 11) is 2.93. The second-order valence-corrected chi connectivity index (χ2v) is 6.43. The topological polar surface area (TPSA) is 111 Å². The number of hydrogen-bond donors (Lipinski definition) is 1. The molecule has 2 aromatic carbocycles. The van der Waals surface area contributed by atoms with Crippen LogP contribution in [0.15, 0.2) is 42.5 Å². The molecule has 1 aliphatic rings. The molecule has 0 aliphatic carbocycles. The number of amides is 3.